The van der Waals surface area contributed by atoms with Gasteiger partial charge < -0.3 is 20.3 Å². The lowest BCUT2D eigenvalue weighted by Crippen LogP contribution is -2.43. The number of carboxylic acid groups (broad SMARTS) is 1. The molecule has 112 valence electrons. The molecule has 0 bridgehead atoms. The highest BCUT2D eigenvalue weighted by Gasteiger charge is 2.13. The number of aromatic nitrogens is 2. The number of hydrogen-bond donors (Lipinski definition) is 3. The first-order valence-electron chi connectivity index (χ1n) is 6.83. The van der Waals surface area contributed by atoms with Crippen molar-refractivity contribution < 1.29 is 14.7 Å². The predicted molar refractivity (Wildman–Crippen MR) is 74.3 cm³/mol. The van der Waals surface area contributed by atoms with Gasteiger partial charge in [-0.15, -0.1) is 0 Å². The smallest absolute Gasteiger partial charge is 0.315 e. The van der Waals surface area contributed by atoms with Crippen LogP contribution in [-0.4, -0.2) is 39.2 Å². The summed E-state index contributed by atoms with van der Waals surface area (Å²) in [5, 5.41) is 14.1. The quantitative estimate of drug-likeness (QED) is 0.593. The summed E-state index contributed by atoms with van der Waals surface area (Å²) in [6.45, 7) is 3.29. The summed E-state index contributed by atoms with van der Waals surface area (Å²) in [7, 11) is 0. The number of carboxylic acids is 1. The fourth-order valence-corrected chi connectivity index (χ4v) is 1.78. The van der Waals surface area contributed by atoms with Gasteiger partial charge in [-0.25, -0.2) is 9.78 Å². The average Bonchev–Trinajstić information content (AvgIpc) is 2.90. The average molecular weight is 282 g/mol. The van der Waals surface area contributed by atoms with Crippen LogP contribution in [0.4, 0.5) is 4.79 Å². The number of aliphatic carboxylic acids is 1. The topological polar surface area (TPSA) is 96.3 Å². The van der Waals surface area contributed by atoms with E-state index < -0.39 is 5.97 Å². The molecular formula is C13H22N4O3. The summed E-state index contributed by atoms with van der Waals surface area (Å²) in [6.07, 6.45) is 7.75. The van der Waals surface area contributed by atoms with E-state index in [0.29, 0.717) is 13.0 Å². The van der Waals surface area contributed by atoms with Gasteiger partial charge in [0, 0.05) is 31.5 Å². The highest BCUT2D eigenvalue weighted by atomic mass is 16.4. The number of rotatable bonds is 9. The normalized spacial score (nSPS) is 11.8. The van der Waals surface area contributed by atoms with Crippen LogP contribution in [-0.2, 0) is 11.3 Å². The van der Waals surface area contributed by atoms with E-state index in [1.165, 1.54) is 0 Å². The van der Waals surface area contributed by atoms with Crippen molar-refractivity contribution in [1.29, 1.82) is 0 Å². The third-order valence-corrected chi connectivity index (χ3v) is 2.94. The molecule has 3 N–H and O–H groups in total. The van der Waals surface area contributed by atoms with Crippen LogP contribution in [0.5, 0.6) is 0 Å². The van der Waals surface area contributed by atoms with Crippen molar-refractivity contribution >= 4 is 12.0 Å². The zero-order valence-corrected chi connectivity index (χ0v) is 11.7. The van der Waals surface area contributed by atoms with E-state index in [0.717, 1.165) is 19.4 Å². The van der Waals surface area contributed by atoms with Crippen LogP contribution in [0.2, 0.25) is 0 Å². The van der Waals surface area contributed by atoms with Gasteiger partial charge in [0.25, 0.3) is 0 Å². The van der Waals surface area contributed by atoms with Gasteiger partial charge in [-0.3, -0.25) is 4.79 Å². The largest absolute Gasteiger partial charge is 0.481 e. The maximum absolute atomic E-state index is 11.6. The van der Waals surface area contributed by atoms with E-state index in [2.05, 4.69) is 15.6 Å². The summed E-state index contributed by atoms with van der Waals surface area (Å²) in [6, 6.07) is -0.626. The Labute approximate surface area is 118 Å². The molecule has 0 saturated heterocycles. The summed E-state index contributed by atoms with van der Waals surface area (Å²) in [5.74, 6) is -0.905. The molecule has 0 aliphatic heterocycles. The van der Waals surface area contributed by atoms with E-state index in [1.54, 1.807) is 12.5 Å². The minimum absolute atomic E-state index is 0.0510. The van der Waals surface area contributed by atoms with Crippen molar-refractivity contribution in [3.05, 3.63) is 18.7 Å². The van der Waals surface area contributed by atoms with Crippen LogP contribution in [0.1, 0.15) is 32.6 Å². The second-order valence-corrected chi connectivity index (χ2v) is 4.61. The summed E-state index contributed by atoms with van der Waals surface area (Å²) >= 11 is 0. The number of carbonyl (C=O) groups excluding carboxylic acids is 1. The van der Waals surface area contributed by atoms with Crippen molar-refractivity contribution in [2.75, 3.05) is 6.54 Å². The molecule has 0 saturated carbocycles. The molecule has 7 heteroatoms. The van der Waals surface area contributed by atoms with Crippen LogP contribution in [0.3, 0.4) is 0 Å². The zero-order chi connectivity index (χ0) is 14.8. The molecule has 1 aromatic rings. The Kier molecular flexibility index (Phi) is 7.16. The van der Waals surface area contributed by atoms with E-state index in [9.17, 15) is 9.59 Å². The lowest BCUT2D eigenvalue weighted by Gasteiger charge is -2.15. The first kappa shape index (κ1) is 16.0. The second kappa shape index (κ2) is 8.95. The number of urea groups is 1. The number of aryl methyl sites for hydroxylation is 1. The Bertz CT molecular complexity index is 406. The van der Waals surface area contributed by atoms with Crippen molar-refractivity contribution in [1.82, 2.24) is 20.2 Å². The highest BCUT2D eigenvalue weighted by molar-refractivity contribution is 5.75. The number of nitrogens with zero attached hydrogens (tertiary/aromatic N) is 2. The number of nitrogens with one attached hydrogen (secondary N) is 2. The summed E-state index contributed by atoms with van der Waals surface area (Å²) in [4.78, 5) is 26.1. The molecule has 0 spiro atoms. The second-order valence-electron chi connectivity index (χ2n) is 4.61. The Balaban J connectivity index is 2.08. The molecule has 0 fully saturated rings. The van der Waals surface area contributed by atoms with Gasteiger partial charge in [-0.05, 0) is 19.3 Å². The number of unbranched alkanes of at least 4 members (excludes halogenated alkanes) is 1. The third kappa shape index (κ3) is 6.77. The van der Waals surface area contributed by atoms with Crippen LogP contribution in [0.15, 0.2) is 18.7 Å². The maximum Gasteiger partial charge on any atom is 0.315 e. The molecule has 0 aliphatic rings. The van der Waals surface area contributed by atoms with Gasteiger partial charge in [-0.1, -0.05) is 6.92 Å². The van der Waals surface area contributed by atoms with Gasteiger partial charge in [-0.2, -0.15) is 0 Å². The Morgan fingerprint density at radius 2 is 2.20 bits per heavy atom. The van der Waals surface area contributed by atoms with E-state index in [-0.39, 0.29) is 18.5 Å². The molecule has 0 radical (unpaired) electrons. The molecular weight excluding hydrogens is 260 g/mol. The molecule has 0 aromatic carbocycles. The van der Waals surface area contributed by atoms with Gasteiger partial charge in [0.05, 0.1) is 12.7 Å². The number of carbonyl (C=O) groups is 2. The van der Waals surface area contributed by atoms with Crippen molar-refractivity contribution in [2.45, 2.75) is 45.2 Å². The van der Waals surface area contributed by atoms with Crippen molar-refractivity contribution in [3.63, 3.8) is 0 Å². The molecule has 1 unspecified atom stereocenters. The number of amides is 2. The minimum atomic E-state index is -0.905. The highest BCUT2D eigenvalue weighted by Crippen LogP contribution is 1.97. The van der Waals surface area contributed by atoms with Crippen LogP contribution in [0, 0.1) is 0 Å². The van der Waals surface area contributed by atoms with E-state index >= 15 is 0 Å². The molecule has 2 amide bonds. The molecule has 20 heavy (non-hydrogen) atoms. The fraction of sp³-hybridized carbons (Fsp3) is 0.615. The standard InChI is InChI=1S/C13H22N4O3/c1-2-11(9-12(18)19)16-13(20)15-5-3-4-7-17-8-6-14-10-17/h6,8,10-11H,2-5,7,9H2,1H3,(H,18,19)(H2,15,16,20). The fourth-order valence-electron chi connectivity index (χ4n) is 1.78. The van der Waals surface area contributed by atoms with Gasteiger partial charge in [0.1, 0.15) is 0 Å². The van der Waals surface area contributed by atoms with Gasteiger partial charge in [0.2, 0.25) is 0 Å². The third-order valence-electron chi connectivity index (χ3n) is 2.94. The predicted octanol–water partition coefficient (Wildman–Crippen LogP) is 1.22. The van der Waals surface area contributed by atoms with Gasteiger partial charge >= 0.3 is 12.0 Å². The Morgan fingerprint density at radius 3 is 2.80 bits per heavy atom. The molecule has 1 rings (SSSR count). The van der Waals surface area contributed by atoms with Crippen LogP contribution in [0.25, 0.3) is 0 Å². The van der Waals surface area contributed by atoms with Crippen molar-refractivity contribution in [3.8, 4) is 0 Å². The maximum atomic E-state index is 11.6. The van der Waals surface area contributed by atoms with Crippen LogP contribution < -0.4 is 10.6 Å². The lowest BCUT2D eigenvalue weighted by molar-refractivity contribution is -0.137. The molecule has 0 aliphatic carbocycles. The van der Waals surface area contributed by atoms with Crippen LogP contribution >= 0.6 is 0 Å². The Morgan fingerprint density at radius 1 is 1.40 bits per heavy atom. The SMILES string of the molecule is CCC(CC(=O)O)NC(=O)NCCCCn1ccnc1. The van der Waals surface area contributed by atoms with E-state index in [4.69, 9.17) is 5.11 Å². The summed E-state index contributed by atoms with van der Waals surface area (Å²) in [5.41, 5.74) is 0. The first-order chi connectivity index (χ1) is 9.61. The molecule has 1 heterocycles. The van der Waals surface area contributed by atoms with Gasteiger partial charge in [0.15, 0.2) is 0 Å². The Hall–Kier alpha value is -2.05. The monoisotopic (exact) mass is 282 g/mol. The molecule has 1 atom stereocenters. The zero-order valence-electron chi connectivity index (χ0n) is 11.7. The first-order valence-corrected chi connectivity index (χ1v) is 6.83. The summed E-state index contributed by atoms with van der Waals surface area (Å²) < 4.78 is 1.99. The lowest BCUT2D eigenvalue weighted by atomic mass is 10.1. The number of hydrogen-bond acceptors (Lipinski definition) is 3. The van der Waals surface area contributed by atoms with E-state index in [1.807, 2.05) is 17.7 Å². The number of imidazole rings is 1. The minimum Gasteiger partial charge on any atom is -0.481 e. The molecule has 7 nitrogen and oxygen atoms in total. The van der Waals surface area contributed by atoms with Crippen molar-refractivity contribution in [2.24, 2.45) is 0 Å². The molecule has 1 aromatic heterocycles.